The second kappa shape index (κ2) is 5.06. The number of methoxy groups -OCH3 is 1. The Morgan fingerprint density at radius 1 is 1.33 bits per heavy atom. The molecule has 1 rings (SSSR count). The van der Waals surface area contributed by atoms with Crippen LogP contribution in [0.1, 0.15) is 0 Å². The van der Waals surface area contributed by atoms with Gasteiger partial charge >= 0.3 is 7.12 Å². The van der Waals surface area contributed by atoms with Crippen molar-refractivity contribution in [2.75, 3.05) is 13.9 Å². The molecular weight excluding hydrogens is 209 g/mol. The summed E-state index contributed by atoms with van der Waals surface area (Å²) >= 11 is 0. The molecule has 4 nitrogen and oxygen atoms in total. The summed E-state index contributed by atoms with van der Waals surface area (Å²) in [5, 5.41) is 17.7. The Morgan fingerprint density at radius 2 is 2.00 bits per heavy atom. The Labute approximate surface area is 85.2 Å². The molecule has 0 unspecified atom stereocenters. The average molecular weight is 218 g/mol. The second-order valence-electron chi connectivity index (χ2n) is 2.70. The third kappa shape index (κ3) is 2.65. The zero-order chi connectivity index (χ0) is 11.4. The van der Waals surface area contributed by atoms with E-state index >= 15 is 0 Å². The van der Waals surface area contributed by atoms with Crippen molar-refractivity contribution in [3.63, 3.8) is 0 Å². The van der Waals surface area contributed by atoms with E-state index in [2.05, 4.69) is 4.74 Å². The number of halogens is 2. The number of rotatable bonds is 4. The molecule has 1 aromatic carbocycles. The van der Waals surface area contributed by atoms with Crippen LogP contribution >= 0.6 is 0 Å². The van der Waals surface area contributed by atoms with Crippen LogP contribution in [0.2, 0.25) is 0 Å². The van der Waals surface area contributed by atoms with E-state index in [4.69, 9.17) is 14.8 Å². The normalized spacial score (nSPS) is 10.2. The summed E-state index contributed by atoms with van der Waals surface area (Å²) in [5.41, 5.74) is -0.646. The van der Waals surface area contributed by atoms with Gasteiger partial charge in [0.2, 0.25) is 0 Å². The Balaban J connectivity index is 3.09. The largest absolute Gasteiger partial charge is 0.495 e. The molecule has 0 radical (unpaired) electrons. The minimum Gasteiger partial charge on any atom is -0.468 e. The van der Waals surface area contributed by atoms with Crippen LogP contribution in [0.5, 0.6) is 5.75 Å². The van der Waals surface area contributed by atoms with Crippen molar-refractivity contribution in [1.29, 1.82) is 0 Å². The van der Waals surface area contributed by atoms with Crippen molar-refractivity contribution in [1.82, 2.24) is 0 Å². The SMILES string of the molecule is COCOc1ccc(F)c(F)c1B(O)O. The standard InChI is InChI=1S/C8H9BF2O4/c1-14-4-15-6-3-2-5(10)8(11)7(6)9(12)13/h2-3,12-13H,4H2,1H3. The highest BCUT2D eigenvalue weighted by Gasteiger charge is 2.24. The molecule has 0 aliphatic carbocycles. The summed E-state index contributed by atoms with van der Waals surface area (Å²) in [7, 11) is -0.804. The van der Waals surface area contributed by atoms with Crippen LogP contribution < -0.4 is 10.2 Å². The van der Waals surface area contributed by atoms with Crippen molar-refractivity contribution in [2.45, 2.75) is 0 Å². The molecule has 0 spiro atoms. The van der Waals surface area contributed by atoms with Crippen LogP contribution in [-0.2, 0) is 4.74 Å². The van der Waals surface area contributed by atoms with Gasteiger partial charge in [0.05, 0.1) is 5.46 Å². The third-order valence-electron chi connectivity index (χ3n) is 1.68. The highest BCUT2D eigenvalue weighted by Crippen LogP contribution is 2.13. The van der Waals surface area contributed by atoms with E-state index < -0.39 is 24.2 Å². The molecule has 15 heavy (non-hydrogen) atoms. The molecule has 0 saturated heterocycles. The average Bonchev–Trinajstić information content (AvgIpc) is 2.19. The van der Waals surface area contributed by atoms with Crippen LogP contribution in [-0.4, -0.2) is 31.1 Å². The summed E-state index contributed by atoms with van der Waals surface area (Å²) in [6.45, 7) is -0.204. The van der Waals surface area contributed by atoms with E-state index in [-0.39, 0.29) is 12.5 Å². The summed E-state index contributed by atoms with van der Waals surface area (Å²) in [6, 6.07) is 1.92. The van der Waals surface area contributed by atoms with Gasteiger partial charge in [-0.15, -0.1) is 0 Å². The summed E-state index contributed by atoms with van der Waals surface area (Å²) in [5.74, 6) is -2.70. The smallest absolute Gasteiger partial charge is 0.468 e. The lowest BCUT2D eigenvalue weighted by Crippen LogP contribution is -2.35. The first-order valence-corrected chi connectivity index (χ1v) is 4.03. The molecule has 0 fully saturated rings. The molecule has 0 aliphatic heterocycles. The van der Waals surface area contributed by atoms with Gasteiger partial charge in [-0.05, 0) is 12.1 Å². The quantitative estimate of drug-likeness (QED) is 0.534. The first kappa shape index (κ1) is 11.9. The molecule has 0 atom stereocenters. The fourth-order valence-electron chi connectivity index (χ4n) is 1.04. The molecule has 0 aliphatic rings. The zero-order valence-corrected chi connectivity index (χ0v) is 7.91. The monoisotopic (exact) mass is 218 g/mol. The molecule has 82 valence electrons. The molecule has 0 saturated carbocycles. The molecule has 0 amide bonds. The van der Waals surface area contributed by atoms with Gasteiger partial charge in [-0.1, -0.05) is 0 Å². The predicted molar refractivity (Wildman–Crippen MR) is 48.7 cm³/mol. The number of benzene rings is 1. The van der Waals surface area contributed by atoms with Gasteiger partial charge in [-0.25, -0.2) is 8.78 Å². The van der Waals surface area contributed by atoms with E-state index in [9.17, 15) is 8.78 Å². The first-order valence-electron chi connectivity index (χ1n) is 4.03. The highest BCUT2D eigenvalue weighted by atomic mass is 19.2. The van der Waals surface area contributed by atoms with Crippen LogP contribution in [0, 0.1) is 11.6 Å². The van der Waals surface area contributed by atoms with Crippen LogP contribution in [0.3, 0.4) is 0 Å². The summed E-state index contributed by atoms with van der Waals surface area (Å²) < 4.78 is 35.3. The van der Waals surface area contributed by atoms with E-state index in [1.807, 2.05) is 0 Å². The third-order valence-corrected chi connectivity index (χ3v) is 1.68. The van der Waals surface area contributed by atoms with Gasteiger partial charge < -0.3 is 19.5 Å². The Kier molecular flexibility index (Phi) is 4.01. The van der Waals surface area contributed by atoms with Crippen molar-refractivity contribution in [2.24, 2.45) is 0 Å². The predicted octanol–water partition coefficient (Wildman–Crippen LogP) is -0.373. The minimum absolute atomic E-state index is 0.175. The number of hydrogen-bond acceptors (Lipinski definition) is 4. The molecular formula is C8H9BF2O4. The lowest BCUT2D eigenvalue weighted by molar-refractivity contribution is 0.0514. The minimum atomic E-state index is -2.15. The fraction of sp³-hybridized carbons (Fsp3) is 0.250. The highest BCUT2D eigenvalue weighted by molar-refractivity contribution is 6.59. The van der Waals surface area contributed by atoms with Gasteiger partial charge in [-0.3, -0.25) is 0 Å². The Hall–Kier alpha value is -1.18. The fourth-order valence-corrected chi connectivity index (χ4v) is 1.04. The van der Waals surface area contributed by atoms with Crippen LogP contribution in [0.4, 0.5) is 8.78 Å². The van der Waals surface area contributed by atoms with Gasteiger partial charge in [0.25, 0.3) is 0 Å². The molecule has 0 heterocycles. The second-order valence-corrected chi connectivity index (χ2v) is 2.70. The first-order chi connectivity index (χ1) is 7.07. The van der Waals surface area contributed by atoms with E-state index in [0.29, 0.717) is 0 Å². The topological polar surface area (TPSA) is 58.9 Å². The van der Waals surface area contributed by atoms with E-state index in [0.717, 1.165) is 12.1 Å². The zero-order valence-electron chi connectivity index (χ0n) is 7.91. The van der Waals surface area contributed by atoms with Crippen molar-refractivity contribution in [3.8, 4) is 5.75 Å². The number of ether oxygens (including phenoxy) is 2. The van der Waals surface area contributed by atoms with Gasteiger partial charge in [0.1, 0.15) is 5.75 Å². The lowest BCUT2D eigenvalue weighted by atomic mass is 9.79. The lowest BCUT2D eigenvalue weighted by Gasteiger charge is -2.11. The van der Waals surface area contributed by atoms with E-state index in [1.54, 1.807) is 0 Å². The van der Waals surface area contributed by atoms with Crippen molar-refractivity contribution < 1.29 is 28.3 Å². The molecule has 0 bridgehead atoms. The maximum Gasteiger partial charge on any atom is 0.495 e. The van der Waals surface area contributed by atoms with Crippen LogP contribution in [0.25, 0.3) is 0 Å². The maximum absolute atomic E-state index is 13.1. The molecule has 7 heteroatoms. The Morgan fingerprint density at radius 3 is 2.53 bits per heavy atom. The molecule has 2 N–H and O–H groups in total. The maximum atomic E-state index is 13.1. The van der Waals surface area contributed by atoms with Gasteiger partial charge in [0, 0.05) is 7.11 Å². The van der Waals surface area contributed by atoms with Crippen molar-refractivity contribution in [3.05, 3.63) is 23.8 Å². The number of hydrogen-bond donors (Lipinski definition) is 2. The summed E-state index contributed by atoms with van der Waals surface area (Å²) in [4.78, 5) is 0. The Bertz CT molecular complexity index is 346. The van der Waals surface area contributed by atoms with Gasteiger partial charge in [-0.2, -0.15) is 0 Å². The molecule has 0 aromatic heterocycles. The summed E-state index contributed by atoms with van der Waals surface area (Å²) in [6.07, 6.45) is 0. The van der Waals surface area contributed by atoms with Gasteiger partial charge in [0.15, 0.2) is 18.4 Å². The van der Waals surface area contributed by atoms with E-state index in [1.165, 1.54) is 7.11 Å². The molecule has 1 aromatic rings. The van der Waals surface area contributed by atoms with Crippen molar-refractivity contribution >= 4 is 12.6 Å². The van der Waals surface area contributed by atoms with Crippen LogP contribution in [0.15, 0.2) is 12.1 Å².